The number of anilines is 1. The molecule has 13 nitrogen and oxygen atoms in total. The maximum atomic E-state index is 13.7. The molecule has 0 spiro atoms. The van der Waals surface area contributed by atoms with Crippen LogP contribution in [0.2, 0.25) is 0 Å². The second-order valence-corrected chi connectivity index (χ2v) is 14.9. The molecule has 14 heteroatoms. The number of sulfonamides is 1. The summed E-state index contributed by atoms with van der Waals surface area (Å²) in [7, 11) is -3.98. The Morgan fingerprint density at radius 3 is 2.00 bits per heavy atom. The van der Waals surface area contributed by atoms with E-state index in [1.54, 1.807) is 42.6 Å². The van der Waals surface area contributed by atoms with Crippen LogP contribution in [0.4, 0.5) is 5.69 Å². The minimum absolute atomic E-state index is 0.0565. The molecule has 54 heavy (non-hydrogen) atoms. The minimum atomic E-state index is -3.98. The van der Waals surface area contributed by atoms with Crippen molar-refractivity contribution in [3.63, 3.8) is 0 Å². The molecule has 4 aromatic rings. The van der Waals surface area contributed by atoms with Crippen molar-refractivity contribution in [1.29, 1.82) is 0 Å². The predicted molar refractivity (Wildman–Crippen MR) is 202 cm³/mol. The molecule has 0 bridgehead atoms. The highest BCUT2D eigenvalue weighted by Gasteiger charge is 2.39. The van der Waals surface area contributed by atoms with Crippen LogP contribution in [0.3, 0.4) is 0 Å². The summed E-state index contributed by atoms with van der Waals surface area (Å²) in [5.41, 5.74) is 3.19. The van der Waals surface area contributed by atoms with Crippen molar-refractivity contribution in [2.24, 2.45) is 5.92 Å². The number of nitrogens with zero attached hydrogens (tertiary/aromatic N) is 2. The molecule has 2 saturated heterocycles. The van der Waals surface area contributed by atoms with Crippen LogP contribution in [-0.4, -0.2) is 115 Å². The number of aliphatic hydroxyl groups excluding tert-OH is 1. The number of ether oxygens (including phenoxy) is 7. The largest absolute Gasteiger partial charge is 0.392 e. The van der Waals surface area contributed by atoms with Gasteiger partial charge in [-0.1, -0.05) is 61.5 Å². The molecule has 3 heterocycles. The zero-order valence-corrected chi connectivity index (χ0v) is 31.5. The number of pyridine rings is 1. The number of nitrogens with one attached hydrogen (secondary N) is 1. The molecular formula is C40H51N3O10S. The first-order chi connectivity index (χ1) is 26.4. The maximum absolute atomic E-state index is 13.7. The van der Waals surface area contributed by atoms with E-state index < -0.39 is 16.3 Å². The Hall–Kier alpha value is -3.54. The summed E-state index contributed by atoms with van der Waals surface area (Å²) in [6.07, 6.45) is 0.146. The van der Waals surface area contributed by atoms with Gasteiger partial charge in [0.05, 0.1) is 90.4 Å². The van der Waals surface area contributed by atoms with Gasteiger partial charge in [-0.05, 0) is 35.4 Å². The Kier molecular flexibility index (Phi) is 15.2. The summed E-state index contributed by atoms with van der Waals surface area (Å²) in [5, 5.41) is 10.4. The molecule has 2 aliphatic rings. The molecule has 4 atom stereocenters. The van der Waals surface area contributed by atoms with Crippen LogP contribution in [0.15, 0.2) is 90.0 Å². The molecule has 1 aromatic heterocycles. The molecule has 0 aliphatic carbocycles. The lowest BCUT2D eigenvalue weighted by atomic mass is 9.90. The predicted octanol–water partition coefficient (Wildman–Crippen LogP) is 4.72. The van der Waals surface area contributed by atoms with Crippen LogP contribution in [0.5, 0.6) is 0 Å². The molecule has 0 amide bonds. The third kappa shape index (κ3) is 11.3. The number of rotatable bonds is 8. The van der Waals surface area contributed by atoms with Crippen LogP contribution in [0.1, 0.15) is 36.0 Å². The van der Waals surface area contributed by atoms with Gasteiger partial charge in [-0.2, -0.15) is 0 Å². The van der Waals surface area contributed by atoms with Gasteiger partial charge >= 0.3 is 0 Å². The molecule has 3 aromatic carbocycles. The SMILES string of the molecule is CC1C(CN2CCOCCOCCOCCOCCOCC2)OC(c2cccc(NS(=O)(=O)c3cccc4cccnc34)c2)OC1c1ccc(CO)cc1. The van der Waals surface area contributed by atoms with Crippen LogP contribution in [-0.2, 0) is 49.8 Å². The smallest absolute Gasteiger partial charge is 0.264 e. The van der Waals surface area contributed by atoms with E-state index in [-0.39, 0.29) is 29.6 Å². The number of hydrogen-bond acceptors (Lipinski definition) is 12. The number of aromatic nitrogens is 1. The van der Waals surface area contributed by atoms with Crippen molar-refractivity contribution in [2.45, 2.75) is 36.9 Å². The standard InChI is InChI=1S/C40H51N3O10S/c1-30-36(28-43-15-17-47-19-21-49-23-25-51-26-24-50-22-20-48-18-16-43)52-40(53-39(30)33-12-10-31(29-44)11-13-33)34-6-2-8-35(27-34)42-54(45,46)37-9-3-5-32-7-4-14-41-38(32)37/h2-14,27,30,36,39-40,42,44H,15-26,28-29H2,1H3. The van der Waals surface area contributed by atoms with Gasteiger partial charge in [0.25, 0.3) is 10.0 Å². The average molecular weight is 766 g/mol. The Morgan fingerprint density at radius 1 is 0.741 bits per heavy atom. The summed E-state index contributed by atoms with van der Waals surface area (Å²) >= 11 is 0. The fourth-order valence-corrected chi connectivity index (χ4v) is 7.73. The summed E-state index contributed by atoms with van der Waals surface area (Å²) in [6, 6.07) is 23.5. The number of benzene rings is 3. The Balaban J connectivity index is 1.21. The van der Waals surface area contributed by atoms with Crippen molar-refractivity contribution >= 4 is 26.6 Å². The molecular weight excluding hydrogens is 715 g/mol. The Morgan fingerprint density at radius 2 is 1.35 bits per heavy atom. The highest BCUT2D eigenvalue weighted by Crippen LogP contribution is 2.42. The second kappa shape index (κ2) is 20.4. The fourth-order valence-electron chi connectivity index (χ4n) is 6.50. The molecule has 292 valence electrons. The normalized spacial score (nSPS) is 23.7. The highest BCUT2D eigenvalue weighted by atomic mass is 32.2. The molecule has 2 fully saturated rings. The van der Waals surface area contributed by atoms with Gasteiger partial charge in [0, 0.05) is 48.4 Å². The van der Waals surface area contributed by atoms with Crippen LogP contribution >= 0.6 is 0 Å². The average Bonchev–Trinajstić information content (AvgIpc) is 3.19. The topological polar surface area (TPSA) is 147 Å². The van der Waals surface area contributed by atoms with Gasteiger partial charge in [0.2, 0.25) is 0 Å². The lowest BCUT2D eigenvalue weighted by Gasteiger charge is -2.43. The van der Waals surface area contributed by atoms with E-state index in [0.29, 0.717) is 102 Å². The molecule has 2 aliphatic heterocycles. The zero-order valence-electron chi connectivity index (χ0n) is 30.7. The summed E-state index contributed by atoms with van der Waals surface area (Å²) in [4.78, 5) is 6.70. The Labute approximate surface area is 317 Å². The summed E-state index contributed by atoms with van der Waals surface area (Å²) in [6.45, 7) is 8.86. The van der Waals surface area contributed by atoms with Gasteiger partial charge < -0.3 is 38.3 Å². The fraction of sp³-hybridized carbons (Fsp3) is 0.475. The van der Waals surface area contributed by atoms with Crippen LogP contribution in [0, 0.1) is 5.92 Å². The van der Waals surface area contributed by atoms with E-state index in [9.17, 15) is 13.5 Å². The van der Waals surface area contributed by atoms with Gasteiger partial charge in [-0.3, -0.25) is 14.6 Å². The lowest BCUT2D eigenvalue weighted by Crippen LogP contribution is -2.46. The van der Waals surface area contributed by atoms with Crippen molar-refractivity contribution in [2.75, 3.05) is 90.4 Å². The zero-order chi connectivity index (χ0) is 37.6. The van der Waals surface area contributed by atoms with Crippen molar-refractivity contribution in [3.8, 4) is 0 Å². The first-order valence-corrected chi connectivity index (χ1v) is 20.0. The molecule has 0 saturated carbocycles. The number of aliphatic hydroxyl groups is 1. The highest BCUT2D eigenvalue weighted by molar-refractivity contribution is 7.93. The molecule has 4 unspecified atom stereocenters. The van der Waals surface area contributed by atoms with E-state index in [2.05, 4.69) is 21.5 Å². The van der Waals surface area contributed by atoms with Gasteiger partial charge in [-0.15, -0.1) is 0 Å². The maximum Gasteiger partial charge on any atom is 0.264 e. The monoisotopic (exact) mass is 765 g/mol. The van der Waals surface area contributed by atoms with E-state index in [1.807, 2.05) is 42.5 Å². The molecule has 6 rings (SSSR count). The third-order valence-electron chi connectivity index (χ3n) is 9.45. The number of fused-ring (bicyclic) bond motifs is 1. The van der Waals surface area contributed by atoms with Gasteiger partial charge in [0.1, 0.15) is 4.90 Å². The molecule has 0 radical (unpaired) electrons. The quantitative estimate of drug-likeness (QED) is 0.256. The van der Waals surface area contributed by atoms with Crippen molar-refractivity contribution < 1.29 is 46.7 Å². The van der Waals surface area contributed by atoms with Crippen LogP contribution in [0.25, 0.3) is 10.9 Å². The Bertz CT molecular complexity index is 1820. The van der Waals surface area contributed by atoms with E-state index in [4.69, 9.17) is 33.2 Å². The first kappa shape index (κ1) is 40.1. The first-order valence-electron chi connectivity index (χ1n) is 18.5. The van der Waals surface area contributed by atoms with Crippen molar-refractivity contribution in [1.82, 2.24) is 9.88 Å². The summed E-state index contributed by atoms with van der Waals surface area (Å²) in [5.74, 6) is -0.0688. The van der Waals surface area contributed by atoms with E-state index in [1.165, 1.54) is 0 Å². The lowest BCUT2D eigenvalue weighted by molar-refractivity contribution is -0.276. The van der Waals surface area contributed by atoms with Gasteiger partial charge in [0.15, 0.2) is 6.29 Å². The second-order valence-electron chi connectivity index (χ2n) is 13.2. The van der Waals surface area contributed by atoms with Gasteiger partial charge in [-0.25, -0.2) is 8.42 Å². The van der Waals surface area contributed by atoms with Crippen molar-refractivity contribution in [3.05, 3.63) is 102 Å². The summed E-state index contributed by atoms with van der Waals surface area (Å²) < 4.78 is 72.1. The molecule has 2 N–H and O–H groups in total. The van der Waals surface area contributed by atoms with E-state index >= 15 is 0 Å². The van der Waals surface area contributed by atoms with Crippen LogP contribution < -0.4 is 4.72 Å². The number of hydrogen-bond donors (Lipinski definition) is 2. The third-order valence-corrected chi connectivity index (χ3v) is 10.9. The number of para-hydroxylation sites is 1. The van der Waals surface area contributed by atoms with E-state index in [0.717, 1.165) is 16.5 Å². The minimum Gasteiger partial charge on any atom is -0.392 e.